The molecule has 1 aliphatic rings. The van der Waals surface area contributed by atoms with Gasteiger partial charge in [0.15, 0.2) is 5.78 Å². The van der Waals surface area contributed by atoms with Gasteiger partial charge < -0.3 is 10.0 Å². The van der Waals surface area contributed by atoms with E-state index in [9.17, 15) is 14.4 Å². The number of hydrogen-bond donors (Lipinski definition) is 1. The van der Waals surface area contributed by atoms with E-state index in [-0.39, 0.29) is 17.9 Å². The van der Waals surface area contributed by atoms with Crippen LogP contribution in [0.2, 0.25) is 0 Å². The first-order valence-corrected chi connectivity index (χ1v) is 11.1. The quantitative estimate of drug-likeness (QED) is 0.285. The highest BCUT2D eigenvalue weighted by atomic mass is 16.4. The van der Waals surface area contributed by atoms with Gasteiger partial charge in [0.05, 0.1) is 6.54 Å². The molecule has 0 aliphatic heterocycles. The number of carbonyl (C=O) groups excluding carboxylic acids is 2. The molecular weight excluding hydrogens is 402 g/mol. The van der Waals surface area contributed by atoms with E-state index in [1.165, 1.54) is 55.9 Å². The van der Waals surface area contributed by atoms with E-state index in [2.05, 4.69) is 32.9 Å². The molecule has 0 saturated carbocycles. The second-order valence-electron chi connectivity index (χ2n) is 9.97. The van der Waals surface area contributed by atoms with Gasteiger partial charge in [-0.1, -0.05) is 55.4 Å². The lowest BCUT2D eigenvalue weighted by Crippen LogP contribution is -2.41. The molecule has 0 aromatic carbocycles. The van der Waals surface area contributed by atoms with Crippen molar-refractivity contribution >= 4 is 17.7 Å². The number of nitrogens with zero attached hydrogens (tertiary/aromatic N) is 1. The van der Waals surface area contributed by atoms with E-state index in [4.69, 9.17) is 5.11 Å². The second kappa shape index (κ2) is 11.3. The monoisotopic (exact) mass is 441 g/mol. The SMILES string of the molecule is CC1=C(/C=C/C(C)=C\C=C\C(C)=C\C(=O)N(C)CC(=O)C(C)(C)C(=O)O)C(C)(C)CCC1. The zero-order valence-corrected chi connectivity index (χ0v) is 20.9. The van der Waals surface area contributed by atoms with Crippen LogP contribution in [0, 0.1) is 10.8 Å². The summed E-state index contributed by atoms with van der Waals surface area (Å²) in [5, 5.41) is 9.14. The van der Waals surface area contributed by atoms with Crippen LogP contribution in [0.4, 0.5) is 0 Å². The zero-order chi connectivity index (χ0) is 24.7. The number of likely N-dealkylation sites (N-methyl/N-ethyl adjacent to an activating group) is 1. The summed E-state index contributed by atoms with van der Waals surface area (Å²) in [6.45, 7) is 13.1. The Bertz CT molecular complexity index is 895. The summed E-state index contributed by atoms with van der Waals surface area (Å²) in [4.78, 5) is 36.9. The third-order valence-electron chi connectivity index (χ3n) is 6.11. The lowest BCUT2D eigenvalue weighted by molar-refractivity contribution is -0.153. The first kappa shape index (κ1) is 27.3. The van der Waals surface area contributed by atoms with Crippen molar-refractivity contribution in [3.8, 4) is 0 Å². The van der Waals surface area contributed by atoms with Gasteiger partial charge >= 0.3 is 5.97 Å². The molecule has 1 amide bonds. The first-order chi connectivity index (χ1) is 14.7. The highest BCUT2D eigenvalue weighted by Crippen LogP contribution is 2.40. The Hall–Kier alpha value is -2.69. The van der Waals surface area contributed by atoms with Crippen molar-refractivity contribution in [3.63, 3.8) is 0 Å². The van der Waals surface area contributed by atoms with Crippen molar-refractivity contribution < 1.29 is 19.5 Å². The van der Waals surface area contributed by atoms with Crippen molar-refractivity contribution in [2.75, 3.05) is 13.6 Å². The van der Waals surface area contributed by atoms with E-state index in [0.717, 1.165) is 17.6 Å². The minimum absolute atomic E-state index is 0.210. The molecule has 0 saturated heterocycles. The van der Waals surface area contributed by atoms with Gasteiger partial charge in [0.25, 0.3) is 0 Å². The third-order valence-corrected chi connectivity index (χ3v) is 6.11. The number of carbonyl (C=O) groups is 3. The summed E-state index contributed by atoms with van der Waals surface area (Å²) < 4.78 is 0. The maximum absolute atomic E-state index is 12.3. The highest BCUT2D eigenvalue weighted by Gasteiger charge is 2.36. The number of hydrogen-bond acceptors (Lipinski definition) is 3. The molecule has 5 nitrogen and oxygen atoms in total. The van der Waals surface area contributed by atoms with Gasteiger partial charge in [-0.2, -0.15) is 0 Å². The van der Waals surface area contributed by atoms with Gasteiger partial charge in [0.2, 0.25) is 5.91 Å². The molecule has 0 unspecified atom stereocenters. The summed E-state index contributed by atoms with van der Waals surface area (Å²) in [5.74, 6) is -2.06. The van der Waals surface area contributed by atoms with Crippen LogP contribution in [0.25, 0.3) is 0 Å². The number of ketones is 1. The number of amides is 1. The molecule has 5 heteroatoms. The fourth-order valence-electron chi connectivity index (χ4n) is 3.60. The smallest absolute Gasteiger partial charge is 0.316 e. The maximum Gasteiger partial charge on any atom is 0.316 e. The molecule has 0 aromatic heterocycles. The number of allylic oxidation sites excluding steroid dienone is 9. The van der Waals surface area contributed by atoms with Crippen LogP contribution >= 0.6 is 0 Å². The van der Waals surface area contributed by atoms with Crippen LogP contribution in [0.1, 0.15) is 67.7 Å². The Labute approximate surface area is 193 Å². The van der Waals surface area contributed by atoms with Crippen LogP contribution in [-0.2, 0) is 14.4 Å². The van der Waals surface area contributed by atoms with Crippen LogP contribution < -0.4 is 0 Å². The Kier molecular flexibility index (Phi) is 9.62. The van der Waals surface area contributed by atoms with E-state index in [1.807, 2.05) is 32.1 Å². The summed E-state index contributed by atoms with van der Waals surface area (Å²) in [5.41, 5.74) is 3.43. The fourth-order valence-corrected chi connectivity index (χ4v) is 3.60. The molecule has 0 spiro atoms. The molecule has 0 bridgehead atoms. The van der Waals surface area contributed by atoms with Crippen molar-refractivity contribution in [1.29, 1.82) is 0 Å². The molecule has 0 fully saturated rings. The van der Waals surface area contributed by atoms with E-state index in [1.54, 1.807) is 0 Å². The summed E-state index contributed by atoms with van der Waals surface area (Å²) in [7, 11) is 1.49. The molecule has 1 N–H and O–H groups in total. The minimum atomic E-state index is -1.52. The predicted octanol–water partition coefficient (Wildman–Crippen LogP) is 5.66. The maximum atomic E-state index is 12.3. The molecule has 0 atom stereocenters. The van der Waals surface area contributed by atoms with Crippen LogP contribution in [0.15, 0.2) is 58.7 Å². The molecule has 0 radical (unpaired) electrons. The molecule has 0 aromatic rings. The lowest BCUT2D eigenvalue weighted by Gasteiger charge is -2.32. The number of Topliss-reactive ketones (excluding diaryl/α,β-unsaturated/α-hetero) is 1. The second-order valence-corrected chi connectivity index (χ2v) is 9.97. The number of carboxylic acid groups (broad SMARTS) is 1. The highest BCUT2D eigenvalue weighted by molar-refractivity contribution is 6.04. The van der Waals surface area contributed by atoms with Crippen LogP contribution in [0.5, 0.6) is 0 Å². The average molecular weight is 442 g/mol. The number of rotatable bonds is 9. The average Bonchev–Trinajstić information content (AvgIpc) is 2.66. The van der Waals surface area contributed by atoms with Crippen molar-refractivity contribution in [1.82, 2.24) is 4.90 Å². The third kappa shape index (κ3) is 7.77. The number of carboxylic acids is 1. The summed E-state index contributed by atoms with van der Waals surface area (Å²) >= 11 is 0. The van der Waals surface area contributed by atoms with Crippen molar-refractivity contribution in [2.24, 2.45) is 10.8 Å². The molecule has 32 heavy (non-hydrogen) atoms. The van der Waals surface area contributed by atoms with Gasteiger partial charge in [0, 0.05) is 13.1 Å². The Morgan fingerprint density at radius 1 is 1.12 bits per heavy atom. The van der Waals surface area contributed by atoms with Crippen molar-refractivity contribution in [2.45, 2.75) is 67.7 Å². The molecule has 1 aliphatic carbocycles. The summed E-state index contributed by atoms with van der Waals surface area (Å²) in [6.07, 6.45) is 15.1. The van der Waals surface area contributed by atoms with Crippen LogP contribution in [0.3, 0.4) is 0 Å². The Morgan fingerprint density at radius 2 is 1.75 bits per heavy atom. The first-order valence-electron chi connectivity index (χ1n) is 11.1. The predicted molar refractivity (Wildman–Crippen MR) is 130 cm³/mol. The topological polar surface area (TPSA) is 74.7 Å². The summed E-state index contributed by atoms with van der Waals surface area (Å²) in [6, 6.07) is 0. The number of aliphatic carboxylic acids is 1. The molecule has 0 heterocycles. The zero-order valence-electron chi connectivity index (χ0n) is 20.9. The van der Waals surface area contributed by atoms with Gasteiger partial charge in [-0.3, -0.25) is 14.4 Å². The minimum Gasteiger partial charge on any atom is -0.481 e. The van der Waals surface area contributed by atoms with Crippen LogP contribution in [-0.4, -0.2) is 41.3 Å². The van der Waals surface area contributed by atoms with Gasteiger partial charge in [-0.05, 0) is 70.4 Å². The van der Waals surface area contributed by atoms with E-state index >= 15 is 0 Å². The lowest BCUT2D eigenvalue weighted by atomic mass is 9.72. The molecule has 176 valence electrons. The van der Waals surface area contributed by atoms with Gasteiger partial charge in [0.1, 0.15) is 5.41 Å². The standard InChI is InChI=1S/C27H39NO4/c1-19(14-15-22-21(3)13-10-16-26(22,4)5)11-9-12-20(2)17-24(30)28(8)18-23(29)27(6,7)25(31)32/h9,11-12,14-15,17H,10,13,16,18H2,1-8H3,(H,31,32)/b12-9+,15-14+,19-11-,20-17+. The molecular formula is C27H39NO4. The largest absolute Gasteiger partial charge is 0.481 e. The molecule has 1 rings (SSSR count). The Balaban J connectivity index is 2.76. The van der Waals surface area contributed by atoms with E-state index in [0.29, 0.717) is 0 Å². The van der Waals surface area contributed by atoms with Gasteiger partial charge in [-0.15, -0.1) is 0 Å². The van der Waals surface area contributed by atoms with E-state index < -0.39 is 17.2 Å². The van der Waals surface area contributed by atoms with Crippen molar-refractivity contribution in [3.05, 3.63) is 58.7 Å². The fraction of sp³-hybridized carbons (Fsp3) is 0.519. The normalized spacial score (nSPS) is 17.9. The Morgan fingerprint density at radius 3 is 2.31 bits per heavy atom. The van der Waals surface area contributed by atoms with Gasteiger partial charge in [-0.25, -0.2) is 0 Å².